The second-order valence-electron chi connectivity index (χ2n) is 4.05. The molecule has 2 rings (SSSR count). The van der Waals surface area contributed by atoms with Crippen LogP contribution in [0, 0.1) is 10.1 Å². The molecule has 102 valence electrons. The number of nitro groups is 1. The normalized spacial score (nSPS) is 10.0. The van der Waals surface area contributed by atoms with Crippen LogP contribution in [0.5, 0.6) is 5.75 Å². The van der Waals surface area contributed by atoms with E-state index in [-0.39, 0.29) is 17.9 Å². The van der Waals surface area contributed by atoms with Crippen molar-refractivity contribution >= 4 is 11.7 Å². The van der Waals surface area contributed by atoms with Crippen LogP contribution in [0.1, 0.15) is 15.9 Å². The third-order valence-electron chi connectivity index (χ3n) is 2.63. The lowest BCUT2D eigenvalue weighted by Gasteiger charge is -2.06. The van der Waals surface area contributed by atoms with Crippen molar-refractivity contribution in [2.75, 3.05) is 0 Å². The maximum atomic E-state index is 10.8. The van der Waals surface area contributed by atoms with Crippen molar-refractivity contribution < 1.29 is 19.6 Å². The molecule has 0 aliphatic rings. The summed E-state index contributed by atoms with van der Waals surface area (Å²) in [6.45, 7) is 0.209. The fourth-order valence-electron chi connectivity index (χ4n) is 1.60. The van der Waals surface area contributed by atoms with Gasteiger partial charge < -0.3 is 9.84 Å². The Bertz CT molecular complexity index is 636. The number of nitrogens with zero attached hydrogens (tertiary/aromatic N) is 1. The molecule has 0 saturated heterocycles. The van der Waals surface area contributed by atoms with Crippen LogP contribution in [-0.4, -0.2) is 16.0 Å². The lowest BCUT2D eigenvalue weighted by atomic mass is 10.2. The third kappa shape index (κ3) is 3.32. The highest BCUT2D eigenvalue weighted by atomic mass is 16.6. The Kier molecular flexibility index (Phi) is 3.95. The van der Waals surface area contributed by atoms with Crippen molar-refractivity contribution in [2.24, 2.45) is 0 Å². The first-order chi connectivity index (χ1) is 9.56. The van der Waals surface area contributed by atoms with Crippen LogP contribution in [0.3, 0.4) is 0 Å². The number of hydrogen-bond acceptors (Lipinski definition) is 4. The highest BCUT2D eigenvalue weighted by Gasteiger charge is 2.06. The summed E-state index contributed by atoms with van der Waals surface area (Å²) in [5, 5.41) is 19.4. The molecule has 0 aliphatic carbocycles. The number of carboxylic acid groups (broad SMARTS) is 1. The zero-order chi connectivity index (χ0) is 14.5. The van der Waals surface area contributed by atoms with E-state index in [0.29, 0.717) is 5.75 Å². The molecule has 6 heteroatoms. The Hall–Kier alpha value is -2.89. The van der Waals surface area contributed by atoms with Crippen molar-refractivity contribution in [1.82, 2.24) is 0 Å². The predicted octanol–water partition coefficient (Wildman–Crippen LogP) is 2.87. The van der Waals surface area contributed by atoms with E-state index in [1.165, 1.54) is 24.3 Å². The lowest BCUT2D eigenvalue weighted by molar-refractivity contribution is -0.384. The number of ether oxygens (including phenoxy) is 1. The van der Waals surface area contributed by atoms with Gasteiger partial charge in [0.15, 0.2) is 0 Å². The zero-order valence-corrected chi connectivity index (χ0v) is 10.4. The second kappa shape index (κ2) is 5.83. The van der Waals surface area contributed by atoms with Crippen LogP contribution in [-0.2, 0) is 6.61 Å². The van der Waals surface area contributed by atoms with Gasteiger partial charge in [-0.05, 0) is 35.9 Å². The van der Waals surface area contributed by atoms with E-state index in [4.69, 9.17) is 9.84 Å². The summed E-state index contributed by atoms with van der Waals surface area (Å²) >= 11 is 0. The molecular formula is C14H11NO5. The first kappa shape index (κ1) is 13.5. The molecule has 0 spiro atoms. The van der Waals surface area contributed by atoms with E-state index in [9.17, 15) is 14.9 Å². The van der Waals surface area contributed by atoms with Crippen LogP contribution < -0.4 is 4.74 Å². The highest BCUT2D eigenvalue weighted by Crippen LogP contribution is 2.17. The second-order valence-corrected chi connectivity index (χ2v) is 4.05. The lowest BCUT2D eigenvalue weighted by Crippen LogP contribution is -1.99. The molecule has 0 bridgehead atoms. The number of aromatic carboxylic acids is 1. The molecule has 2 aromatic rings. The van der Waals surface area contributed by atoms with Crippen LogP contribution in [0.4, 0.5) is 5.69 Å². The highest BCUT2D eigenvalue weighted by molar-refractivity contribution is 5.87. The smallest absolute Gasteiger partial charge is 0.335 e. The maximum Gasteiger partial charge on any atom is 0.335 e. The SMILES string of the molecule is O=C(O)c1cccc(OCc2ccc([N+](=O)[O-])cc2)c1. The van der Waals surface area contributed by atoms with Gasteiger partial charge in [-0.25, -0.2) is 4.79 Å². The Balaban J connectivity index is 2.03. The van der Waals surface area contributed by atoms with Gasteiger partial charge in [-0.1, -0.05) is 6.07 Å². The molecular weight excluding hydrogens is 262 g/mol. The summed E-state index contributed by atoms with van der Waals surface area (Å²) in [4.78, 5) is 20.8. The van der Waals surface area contributed by atoms with E-state index < -0.39 is 10.9 Å². The van der Waals surface area contributed by atoms with Crippen LogP contribution in [0.2, 0.25) is 0 Å². The molecule has 0 amide bonds. The Labute approximate surface area is 114 Å². The number of nitro benzene ring substituents is 1. The fourth-order valence-corrected chi connectivity index (χ4v) is 1.60. The number of hydrogen-bond donors (Lipinski definition) is 1. The van der Waals surface area contributed by atoms with E-state index >= 15 is 0 Å². The fraction of sp³-hybridized carbons (Fsp3) is 0.0714. The van der Waals surface area contributed by atoms with Gasteiger partial charge in [-0.2, -0.15) is 0 Å². The third-order valence-corrected chi connectivity index (χ3v) is 2.63. The largest absolute Gasteiger partial charge is 0.489 e. The van der Waals surface area contributed by atoms with Gasteiger partial charge in [0.05, 0.1) is 10.5 Å². The minimum atomic E-state index is -1.02. The van der Waals surface area contributed by atoms with Crippen LogP contribution >= 0.6 is 0 Å². The van der Waals surface area contributed by atoms with Crippen molar-refractivity contribution in [3.8, 4) is 5.75 Å². The predicted molar refractivity (Wildman–Crippen MR) is 70.8 cm³/mol. The van der Waals surface area contributed by atoms with Gasteiger partial charge in [0.2, 0.25) is 0 Å². The Morgan fingerprint density at radius 2 is 1.90 bits per heavy atom. The molecule has 0 heterocycles. The minimum absolute atomic E-state index is 0.0154. The van der Waals surface area contributed by atoms with Gasteiger partial charge in [-0.15, -0.1) is 0 Å². The summed E-state index contributed by atoms with van der Waals surface area (Å²) in [7, 11) is 0. The molecule has 0 unspecified atom stereocenters. The van der Waals surface area contributed by atoms with Crippen LogP contribution in [0.25, 0.3) is 0 Å². The molecule has 0 aliphatic heterocycles. The van der Waals surface area contributed by atoms with Crippen molar-refractivity contribution in [2.45, 2.75) is 6.61 Å². The van der Waals surface area contributed by atoms with Gasteiger partial charge >= 0.3 is 5.97 Å². The molecule has 6 nitrogen and oxygen atoms in total. The summed E-state index contributed by atoms with van der Waals surface area (Å²) < 4.78 is 5.45. The molecule has 20 heavy (non-hydrogen) atoms. The number of carbonyl (C=O) groups is 1. The van der Waals surface area contributed by atoms with Crippen molar-refractivity contribution in [1.29, 1.82) is 0 Å². The average molecular weight is 273 g/mol. The molecule has 0 atom stereocenters. The Morgan fingerprint density at radius 1 is 1.20 bits per heavy atom. The van der Waals surface area contributed by atoms with E-state index in [2.05, 4.69) is 0 Å². The zero-order valence-electron chi connectivity index (χ0n) is 10.4. The molecule has 0 fully saturated rings. The molecule has 2 aromatic carbocycles. The first-order valence-electron chi connectivity index (χ1n) is 5.76. The number of benzene rings is 2. The first-order valence-corrected chi connectivity index (χ1v) is 5.76. The summed E-state index contributed by atoms with van der Waals surface area (Å²) in [6, 6.07) is 12.1. The number of non-ortho nitro benzene ring substituents is 1. The molecule has 1 N–H and O–H groups in total. The van der Waals surface area contributed by atoms with E-state index in [1.807, 2.05) is 0 Å². The topological polar surface area (TPSA) is 89.7 Å². The van der Waals surface area contributed by atoms with Crippen LogP contribution in [0.15, 0.2) is 48.5 Å². The van der Waals surface area contributed by atoms with Gasteiger partial charge in [0.1, 0.15) is 12.4 Å². The molecule has 0 saturated carbocycles. The summed E-state index contributed by atoms with van der Waals surface area (Å²) in [5.74, 6) is -0.589. The van der Waals surface area contributed by atoms with E-state index in [1.54, 1.807) is 24.3 Å². The maximum absolute atomic E-state index is 10.8. The summed E-state index contributed by atoms with van der Waals surface area (Å²) in [5.41, 5.74) is 0.921. The monoisotopic (exact) mass is 273 g/mol. The average Bonchev–Trinajstić information content (AvgIpc) is 2.46. The standard InChI is InChI=1S/C14H11NO5/c16-14(17)11-2-1-3-13(8-11)20-9-10-4-6-12(7-5-10)15(18)19/h1-8H,9H2,(H,16,17). The minimum Gasteiger partial charge on any atom is -0.489 e. The molecule has 0 aromatic heterocycles. The van der Waals surface area contributed by atoms with Crippen molar-refractivity contribution in [3.63, 3.8) is 0 Å². The van der Waals surface area contributed by atoms with Gasteiger partial charge in [0.25, 0.3) is 5.69 Å². The van der Waals surface area contributed by atoms with Gasteiger partial charge in [-0.3, -0.25) is 10.1 Å². The van der Waals surface area contributed by atoms with E-state index in [0.717, 1.165) is 5.56 Å². The van der Waals surface area contributed by atoms with Crippen molar-refractivity contribution in [3.05, 3.63) is 69.8 Å². The number of carboxylic acids is 1. The quantitative estimate of drug-likeness (QED) is 0.668. The summed E-state index contributed by atoms with van der Waals surface area (Å²) in [6.07, 6.45) is 0. The Morgan fingerprint density at radius 3 is 2.50 bits per heavy atom. The number of rotatable bonds is 5. The van der Waals surface area contributed by atoms with Gasteiger partial charge in [0, 0.05) is 12.1 Å². The molecule has 0 radical (unpaired) electrons.